The smallest absolute Gasteiger partial charge is 0.303 e. The Kier molecular flexibility index (Phi) is 6.87. The second-order valence-corrected chi connectivity index (χ2v) is 9.08. The van der Waals surface area contributed by atoms with Gasteiger partial charge in [0.15, 0.2) is 5.76 Å². The maximum absolute atomic E-state index is 12.5. The van der Waals surface area contributed by atoms with Gasteiger partial charge >= 0.3 is 5.97 Å². The minimum Gasteiger partial charge on any atom is -0.481 e. The van der Waals surface area contributed by atoms with Gasteiger partial charge in [-0.2, -0.15) is 0 Å². The molecule has 0 atom stereocenters. The summed E-state index contributed by atoms with van der Waals surface area (Å²) in [6.45, 7) is 3.90. The second-order valence-electron chi connectivity index (χ2n) is 9.08. The van der Waals surface area contributed by atoms with Gasteiger partial charge in [-0.3, -0.25) is 14.6 Å². The summed E-state index contributed by atoms with van der Waals surface area (Å²) >= 11 is 0. The average molecular weight is 448 g/mol. The van der Waals surface area contributed by atoms with Crippen LogP contribution in [0.15, 0.2) is 53.3 Å². The van der Waals surface area contributed by atoms with Gasteiger partial charge in [-0.1, -0.05) is 43.3 Å². The molecule has 7 heteroatoms. The van der Waals surface area contributed by atoms with Gasteiger partial charge in [-0.25, -0.2) is 0 Å². The van der Waals surface area contributed by atoms with Gasteiger partial charge in [0.2, 0.25) is 0 Å². The van der Waals surface area contributed by atoms with E-state index in [1.807, 2.05) is 26.0 Å². The largest absolute Gasteiger partial charge is 0.481 e. The molecule has 0 radical (unpaired) electrons. The number of amides is 1. The zero-order valence-electron chi connectivity index (χ0n) is 19.0. The van der Waals surface area contributed by atoms with Gasteiger partial charge in [-0.05, 0) is 55.2 Å². The fourth-order valence-corrected chi connectivity index (χ4v) is 4.55. The molecule has 2 N–H and O–H groups in total. The van der Waals surface area contributed by atoms with Gasteiger partial charge in [0, 0.05) is 17.9 Å². The molecule has 172 valence electrons. The van der Waals surface area contributed by atoms with Crippen molar-refractivity contribution in [1.29, 1.82) is 0 Å². The lowest BCUT2D eigenvalue weighted by atomic mass is 9.77. The van der Waals surface area contributed by atoms with Crippen LogP contribution in [-0.4, -0.2) is 27.1 Å². The molecular formula is C26H29N3O4. The highest BCUT2D eigenvalue weighted by Crippen LogP contribution is 2.37. The molecule has 7 nitrogen and oxygen atoms in total. The van der Waals surface area contributed by atoms with E-state index in [-0.39, 0.29) is 18.2 Å². The highest BCUT2D eigenvalue weighted by atomic mass is 16.5. The molecule has 1 aliphatic rings. The Balaban J connectivity index is 1.37. The zero-order chi connectivity index (χ0) is 23.4. The minimum atomic E-state index is -0.695. The Morgan fingerprint density at radius 3 is 2.39 bits per heavy atom. The first-order valence-electron chi connectivity index (χ1n) is 11.4. The van der Waals surface area contributed by atoms with E-state index in [2.05, 4.69) is 39.7 Å². The molecular weight excluding hydrogens is 418 g/mol. The first-order valence-corrected chi connectivity index (χ1v) is 11.4. The molecule has 1 aromatic carbocycles. The number of benzene rings is 1. The quantitative estimate of drug-likeness (QED) is 0.470. The van der Waals surface area contributed by atoms with E-state index in [0.717, 1.165) is 36.9 Å². The summed E-state index contributed by atoms with van der Waals surface area (Å²) in [7, 11) is 0. The molecule has 1 amide bonds. The Morgan fingerprint density at radius 2 is 1.79 bits per heavy atom. The maximum Gasteiger partial charge on any atom is 0.303 e. The molecule has 2 aromatic heterocycles. The zero-order valence-corrected chi connectivity index (χ0v) is 19.0. The lowest BCUT2D eigenvalue weighted by Crippen LogP contribution is -2.16. The van der Waals surface area contributed by atoms with Crippen LogP contribution in [-0.2, 0) is 4.79 Å². The number of pyridine rings is 1. The second kappa shape index (κ2) is 9.98. The summed E-state index contributed by atoms with van der Waals surface area (Å²) in [6, 6.07) is 12.2. The number of anilines is 1. The van der Waals surface area contributed by atoms with Crippen LogP contribution in [0.3, 0.4) is 0 Å². The van der Waals surface area contributed by atoms with Crippen molar-refractivity contribution in [3.63, 3.8) is 0 Å². The fraction of sp³-hybridized carbons (Fsp3) is 0.385. The van der Waals surface area contributed by atoms with Crippen LogP contribution < -0.4 is 5.32 Å². The maximum atomic E-state index is 12.5. The lowest BCUT2D eigenvalue weighted by molar-refractivity contribution is -0.138. The van der Waals surface area contributed by atoms with Crippen LogP contribution in [0.4, 0.5) is 5.69 Å². The number of hydrogen-bond acceptors (Lipinski definition) is 5. The standard InChI is InChI=1S/C26H29N3O4/c1-16(2)25-22(15-28-33-25)26(32)29-21-11-12-23(27-14-21)20-9-7-19(8-10-20)18-5-3-17(4-6-18)13-24(30)31/h7-12,14-18H,3-6,13H2,1-2H3,(H,29,32)(H,30,31). The Bertz CT molecular complexity index is 1100. The van der Waals surface area contributed by atoms with Crippen molar-refractivity contribution in [2.75, 3.05) is 5.32 Å². The first kappa shape index (κ1) is 22.7. The molecule has 1 aliphatic carbocycles. The van der Waals surface area contributed by atoms with Gasteiger partial charge in [0.1, 0.15) is 5.56 Å². The van der Waals surface area contributed by atoms with Gasteiger partial charge in [0.25, 0.3) is 5.91 Å². The van der Waals surface area contributed by atoms with E-state index < -0.39 is 5.97 Å². The van der Waals surface area contributed by atoms with Crippen molar-refractivity contribution < 1.29 is 19.2 Å². The highest BCUT2D eigenvalue weighted by molar-refractivity contribution is 6.04. The number of carbonyl (C=O) groups is 2. The van der Waals surface area contributed by atoms with Crippen molar-refractivity contribution >= 4 is 17.6 Å². The van der Waals surface area contributed by atoms with Crippen LogP contribution in [0.2, 0.25) is 0 Å². The first-order chi connectivity index (χ1) is 15.9. The molecule has 0 saturated heterocycles. The van der Waals surface area contributed by atoms with E-state index in [1.54, 1.807) is 6.20 Å². The number of rotatable bonds is 7. The predicted octanol–water partition coefficient (Wildman–Crippen LogP) is 5.86. The molecule has 1 fully saturated rings. The summed E-state index contributed by atoms with van der Waals surface area (Å²) in [4.78, 5) is 28.0. The third-order valence-corrected chi connectivity index (χ3v) is 6.38. The molecule has 33 heavy (non-hydrogen) atoms. The number of hydrogen-bond donors (Lipinski definition) is 2. The van der Waals surface area contributed by atoms with E-state index in [1.165, 1.54) is 11.8 Å². The van der Waals surface area contributed by atoms with E-state index in [0.29, 0.717) is 28.8 Å². The van der Waals surface area contributed by atoms with Gasteiger partial charge in [-0.15, -0.1) is 0 Å². The average Bonchev–Trinajstić information content (AvgIpc) is 3.31. The summed E-state index contributed by atoms with van der Waals surface area (Å²) in [6.07, 6.45) is 7.39. The molecule has 3 aromatic rings. The number of aliphatic carboxylic acids is 1. The van der Waals surface area contributed by atoms with E-state index in [4.69, 9.17) is 9.63 Å². The Labute approximate surface area is 193 Å². The van der Waals surface area contributed by atoms with Crippen molar-refractivity contribution in [2.24, 2.45) is 5.92 Å². The molecule has 1 saturated carbocycles. The van der Waals surface area contributed by atoms with E-state index in [9.17, 15) is 9.59 Å². The normalized spacial score (nSPS) is 18.3. The van der Waals surface area contributed by atoms with Crippen LogP contribution in [0.5, 0.6) is 0 Å². The number of carboxylic acid groups (broad SMARTS) is 1. The van der Waals surface area contributed by atoms with Crippen LogP contribution >= 0.6 is 0 Å². The summed E-state index contributed by atoms with van der Waals surface area (Å²) < 4.78 is 5.19. The van der Waals surface area contributed by atoms with Crippen molar-refractivity contribution in [3.8, 4) is 11.3 Å². The van der Waals surface area contributed by atoms with Gasteiger partial charge < -0.3 is 14.9 Å². The number of nitrogens with one attached hydrogen (secondary N) is 1. The van der Waals surface area contributed by atoms with Crippen LogP contribution in [0.1, 0.15) is 79.5 Å². The van der Waals surface area contributed by atoms with Crippen molar-refractivity contribution in [2.45, 2.75) is 57.8 Å². The summed E-state index contributed by atoms with van der Waals surface area (Å²) in [5, 5.41) is 15.6. The van der Waals surface area contributed by atoms with Crippen molar-refractivity contribution in [3.05, 3.63) is 65.7 Å². The molecule has 0 aliphatic heterocycles. The SMILES string of the molecule is CC(C)c1oncc1C(=O)Nc1ccc(-c2ccc(C3CCC(CC(=O)O)CC3)cc2)nc1. The van der Waals surface area contributed by atoms with Crippen molar-refractivity contribution in [1.82, 2.24) is 10.1 Å². The third kappa shape index (κ3) is 5.48. The number of carbonyl (C=O) groups excluding carboxylic acids is 1. The van der Waals surface area contributed by atoms with Crippen LogP contribution in [0.25, 0.3) is 11.3 Å². The molecule has 4 rings (SSSR count). The predicted molar refractivity (Wildman–Crippen MR) is 125 cm³/mol. The topological polar surface area (TPSA) is 105 Å². The molecule has 0 unspecified atom stereocenters. The molecule has 2 heterocycles. The van der Waals surface area contributed by atoms with Crippen LogP contribution in [0, 0.1) is 5.92 Å². The third-order valence-electron chi connectivity index (χ3n) is 6.38. The fourth-order valence-electron chi connectivity index (χ4n) is 4.55. The lowest BCUT2D eigenvalue weighted by Gasteiger charge is -2.28. The van der Waals surface area contributed by atoms with Gasteiger partial charge in [0.05, 0.1) is 23.8 Å². The highest BCUT2D eigenvalue weighted by Gasteiger charge is 2.24. The summed E-state index contributed by atoms with van der Waals surface area (Å²) in [5.41, 5.74) is 4.18. The molecule has 0 bridgehead atoms. The number of nitrogens with zero attached hydrogens (tertiary/aromatic N) is 2. The Morgan fingerprint density at radius 1 is 1.06 bits per heavy atom. The number of aromatic nitrogens is 2. The minimum absolute atomic E-state index is 0.0662. The number of carboxylic acids is 1. The van der Waals surface area contributed by atoms with E-state index >= 15 is 0 Å². The molecule has 0 spiro atoms. The summed E-state index contributed by atoms with van der Waals surface area (Å²) in [5.74, 6) is 0.464. The monoisotopic (exact) mass is 447 g/mol. The Hall–Kier alpha value is -3.48.